The Labute approximate surface area is 89.0 Å². The summed E-state index contributed by atoms with van der Waals surface area (Å²) in [6.07, 6.45) is 2.41. The van der Waals surface area contributed by atoms with Crippen LogP contribution in [0.1, 0.15) is 26.2 Å². The lowest BCUT2D eigenvalue weighted by atomic mass is 10.1. The van der Waals surface area contributed by atoms with E-state index in [0.717, 1.165) is 12.8 Å². The van der Waals surface area contributed by atoms with Gasteiger partial charge < -0.3 is 16.2 Å². The molecule has 15 heavy (non-hydrogen) atoms. The summed E-state index contributed by atoms with van der Waals surface area (Å²) in [5, 5.41) is 11.3. The molecule has 0 aliphatic heterocycles. The minimum atomic E-state index is -0.890. The molecule has 1 aliphatic carbocycles. The molecule has 0 saturated heterocycles. The SMILES string of the molecule is CC(CNC(=O)C1CCC(N)C1)C(=O)O. The fourth-order valence-electron chi connectivity index (χ4n) is 1.74. The highest BCUT2D eigenvalue weighted by Crippen LogP contribution is 2.23. The Morgan fingerprint density at radius 2 is 2.20 bits per heavy atom. The van der Waals surface area contributed by atoms with E-state index in [1.165, 1.54) is 0 Å². The second-order valence-corrected chi connectivity index (χ2v) is 4.25. The molecule has 3 unspecified atom stereocenters. The lowest BCUT2D eigenvalue weighted by Gasteiger charge is -2.12. The molecule has 0 aromatic heterocycles. The maximum atomic E-state index is 11.6. The van der Waals surface area contributed by atoms with E-state index in [9.17, 15) is 9.59 Å². The number of nitrogens with two attached hydrogens (primary N) is 1. The minimum absolute atomic E-state index is 0.0269. The molecule has 86 valence electrons. The summed E-state index contributed by atoms with van der Waals surface area (Å²) in [6, 6.07) is 0.123. The first-order valence-electron chi connectivity index (χ1n) is 5.26. The maximum Gasteiger partial charge on any atom is 0.308 e. The van der Waals surface area contributed by atoms with E-state index in [0.29, 0.717) is 6.42 Å². The third kappa shape index (κ3) is 3.51. The van der Waals surface area contributed by atoms with Gasteiger partial charge in [0.15, 0.2) is 0 Å². The van der Waals surface area contributed by atoms with Crippen LogP contribution in [0.25, 0.3) is 0 Å². The van der Waals surface area contributed by atoms with Crippen LogP contribution in [-0.2, 0) is 9.59 Å². The fourth-order valence-corrected chi connectivity index (χ4v) is 1.74. The molecule has 0 heterocycles. The molecule has 1 saturated carbocycles. The zero-order chi connectivity index (χ0) is 11.4. The molecule has 1 rings (SSSR count). The number of rotatable bonds is 4. The Bertz CT molecular complexity index is 255. The van der Waals surface area contributed by atoms with Crippen molar-refractivity contribution in [2.45, 2.75) is 32.2 Å². The molecule has 0 radical (unpaired) electrons. The minimum Gasteiger partial charge on any atom is -0.481 e. The first-order valence-corrected chi connectivity index (χ1v) is 5.26. The summed E-state index contributed by atoms with van der Waals surface area (Å²) >= 11 is 0. The van der Waals surface area contributed by atoms with Gasteiger partial charge in [-0.15, -0.1) is 0 Å². The highest BCUT2D eigenvalue weighted by atomic mass is 16.4. The van der Waals surface area contributed by atoms with Crippen molar-refractivity contribution in [2.75, 3.05) is 6.54 Å². The van der Waals surface area contributed by atoms with Crippen molar-refractivity contribution in [3.8, 4) is 0 Å². The van der Waals surface area contributed by atoms with Crippen molar-refractivity contribution >= 4 is 11.9 Å². The Morgan fingerprint density at radius 3 is 2.67 bits per heavy atom. The van der Waals surface area contributed by atoms with Gasteiger partial charge in [0.2, 0.25) is 5.91 Å². The number of aliphatic carboxylic acids is 1. The van der Waals surface area contributed by atoms with Gasteiger partial charge in [-0.3, -0.25) is 9.59 Å². The largest absolute Gasteiger partial charge is 0.481 e. The third-order valence-corrected chi connectivity index (χ3v) is 2.85. The summed E-state index contributed by atoms with van der Waals surface area (Å²) in [5.74, 6) is -1.51. The summed E-state index contributed by atoms with van der Waals surface area (Å²) < 4.78 is 0. The summed E-state index contributed by atoms with van der Waals surface area (Å²) in [5.41, 5.74) is 5.69. The second-order valence-electron chi connectivity index (χ2n) is 4.25. The standard InChI is InChI=1S/C10H18N2O3/c1-6(10(14)15)5-12-9(13)7-2-3-8(11)4-7/h6-8H,2-5,11H2,1H3,(H,12,13)(H,14,15). The number of hydrogen-bond donors (Lipinski definition) is 3. The van der Waals surface area contributed by atoms with Gasteiger partial charge in [-0.25, -0.2) is 0 Å². The van der Waals surface area contributed by atoms with Crippen molar-refractivity contribution < 1.29 is 14.7 Å². The fraction of sp³-hybridized carbons (Fsp3) is 0.800. The van der Waals surface area contributed by atoms with Crippen molar-refractivity contribution in [3.63, 3.8) is 0 Å². The number of carbonyl (C=O) groups excluding carboxylic acids is 1. The van der Waals surface area contributed by atoms with Crippen molar-refractivity contribution in [1.82, 2.24) is 5.32 Å². The molecule has 3 atom stereocenters. The summed E-state index contributed by atoms with van der Waals surface area (Å²) in [6.45, 7) is 1.77. The molecule has 1 amide bonds. The van der Waals surface area contributed by atoms with E-state index >= 15 is 0 Å². The number of carboxylic acid groups (broad SMARTS) is 1. The van der Waals surface area contributed by atoms with Gasteiger partial charge in [-0.1, -0.05) is 6.92 Å². The average molecular weight is 214 g/mol. The van der Waals surface area contributed by atoms with E-state index in [1.54, 1.807) is 6.92 Å². The lowest BCUT2D eigenvalue weighted by molar-refractivity contribution is -0.141. The number of hydrogen-bond acceptors (Lipinski definition) is 3. The van der Waals surface area contributed by atoms with E-state index in [1.807, 2.05) is 0 Å². The van der Waals surface area contributed by atoms with Crippen LogP contribution in [0.2, 0.25) is 0 Å². The van der Waals surface area contributed by atoms with Crippen LogP contribution < -0.4 is 11.1 Å². The first-order chi connectivity index (χ1) is 7.00. The van der Waals surface area contributed by atoms with Gasteiger partial charge in [-0.05, 0) is 19.3 Å². The predicted molar refractivity (Wildman–Crippen MR) is 55.1 cm³/mol. The Morgan fingerprint density at radius 1 is 1.53 bits per heavy atom. The highest BCUT2D eigenvalue weighted by Gasteiger charge is 2.27. The van der Waals surface area contributed by atoms with E-state index in [4.69, 9.17) is 10.8 Å². The van der Waals surface area contributed by atoms with Gasteiger partial charge in [-0.2, -0.15) is 0 Å². The molecule has 1 aliphatic rings. The van der Waals surface area contributed by atoms with E-state index < -0.39 is 11.9 Å². The Kier molecular flexibility index (Phi) is 4.08. The lowest BCUT2D eigenvalue weighted by Crippen LogP contribution is -2.35. The molecule has 5 nitrogen and oxygen atoms in total. The van der Waals surface area contributed by atoms with Crippen LogP contribution in [0.4, 0.5) is 0 Å². The molecular formula is C10H18N2O3. The average Bonchev–Trinajstić information content (AvgIpc) is 2.60. The van der Waals surface area contributed by atoms with Gasteiger partial charge in [0.25, 0.3) is 0 Å². The number of carboxylic acids is 1. The van der Waals surface area contributed by atoms with Crippen LogP contribution in [0.3, 0.4) is 0 Å². The van der Waals surface area contributed by atoms with Crippen molar-refractivity contribution in [3.05, 3.63) is 0 Å². The van der Waals surface area contributed by atoms with Crippen molar-refractivity contribution in [1.29, 1.82) is 0 Å². The molecule has 5 heteroatoms. The van der Waals surface area contributed by atoms with Crippen LogP contribution >= 0.6 is 0 Å². The van der Waals surface area contributed by atoms with Crippen LogP contribution in [0, 0.1) is 11.8 Å². The van der Waals surface area contributed by atoms with Crippen LogP contribution in [0.5, 0.6) is 0 Å². The zero-order valence-corrected chi connectivity index (χ0v) is 8.90. The molecule has 0 aromatic rings. The topological polar surface area (TPSA) is 92.4 Å². The summed E-state index contributed by atoms with van der Waals surface area (Å²) in [4.78, 5) is 22.1. The van der Waals surface area contributed by atoms with E-state index in [2.05, 4.69) is 5.32 Å². The smallest absolute Gasteiger partial charge is 0.308 e. The quantitative estimate of drug-likeness (QED) is 0.611. The molecule has 0 spiro atoms. The van der Waals surface area contributed by atoms with Gasteiger partial charge >= 0.3 is 5.97 Å². The maximum absolute atomic E-state index is 11.6. The zero-order valence-electron chi connectivity index (χ0n) is 8.90. The first kappa shape index (κ1) is 12.0. The normalized spacial score (nSPS) is 27.3. The van der Waals surface area contributed by atoms with Gasteiger partial charge in [0.1, 0.15) is 0 Å². The number of nitrogens with one attached hydrogen (secondary N) is 1. The molecule has 0 bridgehead atoms. The molecule has 4 N–H and O–H groups in total. The second kappa shape index (κ2) is 5.11. The highest BCUT2D eigenvalue weighted by molar-refractivity contribution is 5.79. The monoisotopic (exact) mass is 214 g/mol. The Hall–Kier alpha value is -1.10. The predicted octanol–water partition coefficient (Wildman–Crippen LogP) is -0.0493. The molecular weight excluding hydrogens is 196 g/mol. The molecule has 0 aromatic carbocycles. The van der Waals surface area contributed by atoms with Gasteiger partial charge in [0, 0.05) is 18.5 Å². The molecule has 1 fully saturated rings. The summed E-state index contributed by atoms with van der Waals surface area (Å²) in [7, 11) is 0. The van der Waals surface area contributed by atoms with E-state index in [-0.39, 0.29) is 24.4 Å². The van der Waals surface area contributed by atoms with Crippen LogP contribution in [-0.4, -0.2) is 29.6 Å². The van der Waals surface area contributed by atoms with Crippen molar-refractivity contribution in [2.24, 2.45) is 17.6 Å². The van der Waals surface area contributed by atoms with Crippen LogP contribution in [0.15, 0.2) is 0 Å². The number of carbonyl (C=O) groups is 2. The number of amides is 1. The van der Waals surface area contributed by atoms with Gasteiger partial charge in [0.05, 0.1) is 5.92 Å². The Balaban J connectivity index is 2.27. The third-order valence-electron chi connectivity index (χ3n) is 2.85.